The average molecular weight is 266 g/mol. The van der Waals surface area contributed by atoms with Gasteiger partial charge in [0.25, 0.3) is 0 Å². The van der Waals surface area contributed by atoms with E-state index in [1.807, 2.05) is 42.7 Å². The van der Waals surface area contributed by atoms with Crippen molar-refractivity contribution in [2.24, 2.45) is 5.92 Å². The summed E-state index contributed by atoms with van der Waals surface area (Å²) in [5.74, 6) is 1.51. The lowest BCUT2D eigenvalue weighted by Crippen LogP contribution is -2.09. The first-order valence-corrected chi connectivity index (χ1v) is 6.87. The van der Waals surface area contributed by atoms with Crippen molar-refractivity contribution in [2.45, 2.75) is 13.8 Å². The van der Waals surface area contributed by atoms with E-state index in [-0.39, 0.29) is 0 Å². The third kappa shape index (κ3) is 2.50. The lowest BCUT2D eigenvalue weighted by atomic mass is 10.1. The maximum Gasteiger partial charge on any atom is 0.137 e. The van der Waals surface area contributed by atoms with Crippen molar-refractivity contribution in [3.05, 3.63) is 42.7 Å². The van der Waals surface area contributed by atoms with E-state index in [0.717, 1.165) is 34.7 Å². The topological polar surface area (TPSA) is 53.6 Å². The van der Waals surface area contributed by atoms with Crippen LogP contribution in [0.15, 0.2) is 42.7 Å². The van der Waals surface area contributed by atoms with Gasteiger partial charge in [0.2, 0.25) is 0 Å². The molecule has 0 fully saturated rings. The van der Waals surface area contributed by atoms with Crippen LogP contribution in [-0.4, -0.2) is 21.5 Å². The number of nitrogens with one attached hydrogen (secondary N) is 2. The van der Waals surface area contributed by atoms with Crippen LogP contribution in [0.5, 0.6) is 0 Å². The third-order valence-corrected chi connectivity index (χ3v) is 3.18. The predicted octanol–water partition coefficient (Wildman–Crippen LogP) is 3.69. The molecule has 0 aliphatic carbocycles. The van der Waals surface area contributed by atoms with E-state index in [4.69, 9.17) is 4.98 Å². The quantitative estimate of drug-likeness (QED) is 0.757. The SMILES string of the molecule is CC(C)CNc1cccc(-c2ccnc3[nH]ccc23)n1. The molecule has 0 bridgehead atoms. The van der Waals surface area contributed by atoms with Crippen molar-refractivity contribution in [1.29, 1.82) is 0 Å². The molecule has 0 saturated carbocycles. The predicted molar refractivity (Wildman–Crippen MR) is 82.7 cm³/mol. The lowest BCUT2D eigenvalue weighted by molar-refractivity contribution is 0.687. The van der Waals surface area contributed by atoms with Crippen LogP contribution in [0, 0.1) is 5.92 Å². The smallest absolute Gasteiger partial charge is 0.137 e. The highest BCUT2D eigenvalue weighted by atomic mass is 15.0. The molecule has 0 aliphatic heterocycles. The summed E-state index contributed by atoms with van der Waals surface area (Å²) in [6.07, 6.45) is 3.71. The highest BCUT2D eigenvalue weighted by Gasteiger charge is 2.07. The first-order chi connectivity index (χ1) is 9.74. The van der Waals surface area contributed by atoms with E-state index < -0.39 is 0 Å². The third-order valence-electron chi connectivity index (χ3n) is 3.18. The molecule has 20 heavy (non-hydrogen) atoms. The average Bonchev–Trinajstić information content (AvgIpc) is 2.93. The zero-order valence-corrected chi connectivity index (χ0v) is 11.7. The summed E-state index contributed by atoms with van der Waals surface area (Å²) in [7, 11) is 0. The molecule has 3 heterocycles. The molecule has 102 valence electrons. The Labute approximate surface area is 118 Å². The van der Waals surface area contributed by atoms with Crippen LogP contribution in [0.1, 0.15) is 13.8 Å². The second-order valence-electron chi connectivity index (χ2n) is 5.28. The Morgan fingerprint density at radius 3 is 2.95 bits per heavy atom. The van der Waals surface area contributed by atoms with Gasteiger partial charge in [0.1, 0.15) is 11.5 Å². The van der Waals surface area contributed by atoms with Crippen LogP contribution in [0.2, 0.25) is 0 Å². The molecule has 2 N–H and O–H groups in total. The molecule has 3 aromatic rings. The first kappa shape index (κ1) is 12.7. The first-order valence-electron chi connectivity index (χ1n) is 6.87. The summed E-state index contributed by atoms with van der Waals surface area (Å²) in [5, 5.41) is 4.46. The number of anilines is 1. The summed E-state index contributed by atoms with van der Waals surface area (Å²) >= 11 is 0. The molecule has 4 nitrogen and oxygen atoms in total. The zero-order valence-electron chi connectivity index (χ0n) is 11.7. The minimum atomic E-state index is 0.595. The zero-order chi connectivity index (χ0) is 13.9. The molecule has 3 rings (SSSR count). The number of hydrogen-bond donors (Lipinski definition) is 2. The summed E-state index contributed by atoms with van der Waals surface area (Å²) in [6.45, 7) is 5.29. The van der Waals surface area contributed by atoms with Crippen LogP contribution < -0.4 is 5.32 Å². The maximum atomic E-state index is 4.69. The molecule has 0 amide bonds. The molecular weight excluding hydrogens is 248 g/mol. The molecule has 0 radical (unpaired) electrons. The van der Waals surface area contributed by atoms with Gasteiger partial charge < -0.3 is 10.3 Å². The van der Waals surface area contributed by atoms with Crippen molar-refractivity contribution >= 4 is 16.9 Å². The molecule has 0 saturated heterocycles. The Hall–Kier alpha value is -2.36. The highest BCUT2D eigenvalue weighted by Crippen LogP contribution is 2.26. The summed E-state index contributed by atoms with van der Waals surface area (Å²) < 4.78 is 0. The monoisotopic (exact) mass is 266 g/mol. The molecule has 0 aromatic carbocycles. The van der Waals surface area contributed by atoms with Crippen LogP contribution in [0.3, 0.4) is 0 Å². The Morgan fingerprint density at radius 2 is 2.10 bits per heavy atom. The van der Waals surface area contributed by atoms with Gasteiger partial charge in [-0.25, -0.2) is 9.97 Å². The number of nitrogens with zero attached hydrogens (tertiary/aromatic N) is 2. The fourth-order valence-electron chi connectivity index (χ4n) is 2.18. The van der Waals surface area contributed by atoms with Gasteiger partial charge in [-0.15, -0.1) is 0 Å². The van der Waals surface area contributed by atoms with E-state index in [1.54, 1.807) is 0 Å². The number of pyridine rings is 2. The lowest BCUT2D eigenvalue weighted by Gasteiger charge is -2.10. The summed E-state index contributed by atoms with van der Waals surface area (Å²) in [5.41, 5.74) is 2.96. The van der Waals surface area contributed by atoms with Crippen LogP contribution >= 0.6 is 0 Å². The fourth-order valence-corrected chi connectivity index (χ4v) is 2.18. The molecule has 0 aliphatic rings. The summed E-state index contributed by atoms with van der Waals surface area (Å²) in [6, 6.07) is 10.1. The van der Waals surface area contributed by atoms with Crippen molar-refractivity contribution in [1.82, 2.24) is 15.0 Å². The summed E-state index contributed by atoms with van der Waals surface area (Å²) in [4.78, 5) is 12.1. The van der Waals surface area contributed by atoms with Gasteiger partial charge in [-0.05, 0) is 30.2 Å². The largest absolute Gasteiger partial charge is 0.370 e. The van der Waals surface area contributed by atoms with Crippen molar-refractivity contribution < 1.29 is 0 Å². The van der Waals surface area contributed by atoms with Crippen molar-refractivity contribution in [2.75, 3.05) is 11.9 Å². The van der Waals surface area contributed by atoms with Crippen LogP contribution in [0.4, 0.5) is 5.82 Å². The van der Waals surface area contributed by atoms with E-state index >= 15 is 0 Å². The van der Waals surface area contributed by atoms with Gasteiger partial charge in [0.15, 0.2) is 0 Å². The minimum Gasteiger partial charge on any atom is -0.370 e. The van der Waals surface area contributed by atoms with E-state index in [1.165, 1.54) is 0 Å². The Morgan fingerprint density at radius 1 is 1.20 bits per heavy atom. The Kier molecular flexibility index (Phi) is 3.37. The number of aromatic amines is 1. The van der Waals surface area contributed by atoms with Gasteiger partial charge in [0.05, 0.1) is 5.69 Å². The van der Waals surface area contributed by atoms with Crippen molar-refractivity contribution in [3.8, 4) is 11.3 Å². The fraction of sp³-hybridized carbons (Fsp3) is 0.250. The normalized spacial score (nSPS) is 11.2. The van der Waals surface area contributed by atoms with Gasteiger partial charge in [0, 0.05) is 29.9 Å². The molecule has 3 aromatic heterocycles. The molecule has 0 atom stereocenters. The molecular formula is C16H18N4. The van der Waals surface area contributed by atoms with E-state index in [0.29, 0.717) is 5.92 Å². The molecule has 4 heteroatoms. The van der Waals surface area contributed by atoms with E-state index in [2.05, 4.69) is 29.1 Å². The number of rotatable bonds is 4. The number of aromatic nitrogens is 3. The van der Waals surface area contributed by atoms with Gasteiger partial charge in [-0.3, -0.25) is 0 Å². The number of fused-ring (bicyclic) bond motifs is 1. The second-order valence-corrected chi connectivity index (χ2v) is 5.28. The van der Waals surface area contributed by atoms with Gasteiger partial charge >= 0.3 is 0 Å². The number of H-pyrrole nitrogens is 1. The number of hydrogen-bond acceptors (Lipinski definition) is 3. The molecule has 0 spiro atoms. The molecule has 0 unspecified atom stereocenters. The maximum absolute atomic E-state index is 4.69. The van der Waals surface area contributed by atoms with Gasteiger partial charge in [-0.2, -0.15) is 0 Å². The van der Waals surface area contributed by atoms with Crippen molar-refractivity contribution in [3.63, 3.8) is 0 Å². The highest BCUT2D eigenvalue weighted by molar-refractivity contribution is 5.91. The van der Waals surface area contributed by atoms with Crippen LogP contribution in [-0.2, 0) is 0 Å². The van der Waals surface area contributed by atoms with E-state index in [9.17, 15) is 0 Å². The minimum absolute atomic E-state index is 0.595. The Balaban J connectivity index is 1.97. The second kappa shape index (κ2) is 5.33. The van der Waals surface area contributed by atoms with Gasteiger partial charge in [-0.1, -0.05) is 19.9 Å². The Bertz CT molecular complexity index is 715. The van der Waals surface area contributed by atoms with Crippen LogP contribution in [0.25, 0.3) is 22.3 Å². The standard InChI is InChI=1S/C16H18N4/c1-11(2)10-19-15-5-3-4-14(20-15)12-6-8-17-16-13(12)7-9-18-16/h3-9,11H,10H2,1-2H3,(H,17,18)(H,19,20).